The van der Waals surface area contributed by atoms with E-state index in [1.807, 2.05) is 60.8 Å². The van der Waals surface area contributed by atoms with Gasteiger partial charge in [-0.15, -0.1) is 0 Å². The molecule has 0 fully saturated rings. The van der Waals surface area contributed by atoms with Gasteiger partial charge < -0.3 is 31.8 Å². The van der Waals surface area contributed by atoms with Gasteiger partial charge in [-0.25, -0.2) is 0 Å². The zero-order chi connectivity index (χ0) is 25.4. The largest absolute Gasteiger partial charge is 0.480 e. The van der Waals surface area contributed by atoms with E-state index in [4.69, 9.17) is 10.8 Å². The first-order valence-corrected chi connectivity index (χ1v) is 11.2. The highest BCUT2D eigenvalue weighted by molar-refractivity contribution is 5.94. The molecule has 0 spiro atoms. The highest BCUT2D eigenvalue weighted by Crippen LogP contribution is 2.18. The van der Waals surface area contributed by atoms with Crippen LogP contribution < -0.4 is 21.7 Å². The molecular weight excluding hydrogens is 450 g/mol. The highest BCUT2D eigenvalue weighted by Gasteiger charge is 2.27. The van der Waals surface area contributed by atoms with Crippen LogP contribution in [0.5, 0.6) is 0 Å². The number of para-hydroxylation sites is 1. The molecule has 0 aliphatic heterocycles. The van der Waals surface area contributed by atoms with Crippen molar-refractivity contribution in [3.63, 3.8) is 0 Å². The van der Waals surface area contributed by atoms with Crippen molar-refractivity contribution >= 4 is 34.6 Å². The number of nitrogens with two attached hydrogens (primary N) is 1. The van der Waals surface area contributed by atoms with Gasteiger partial charge in [-0.2, -0.15) is 0 Å². The lowest BCUT2D eigenvalue weighted by Crippen LogP contribution is -2.56. The van der Waals surface area contributed by atoms with Crippen molar-refractivity contribution in [2.75, 3.05) is 6.54 Å². The Morgan fingerprint density at radius 1 is 0.914 bits per heavy atom. The van der Waals surface area contributed by atoms with Gasteiger partial charge in [-0.05, 0) is 30.5 Å². The van der Waals surface area contributed by atoms with Gasteiger partial charge in [0, 0.05) is 23.5 Å². The molecular formula is C25H29N5O5. The zero-order valence-electron chi connectivity index (χ0n) is 19.3. The standard InChI is InChI=1S/C25H29N5O5/c1-15(23(33)28-14-22(31)32)29-25(35)21(11-16-7-3-2-4-8-16)30-24(34)19(26)12-17-13-27-20-10-6-5-9-18(17)20/h2-10,13,15,19,21,27H,11-12,14,26H2,1H3,(H,28,33)(H,29,35)(H,30,34)(H,31,32). The summed E-state index contributed by atoms with van der Waals surface area (Å²) in [5.41, 5.74) is 8.81. The fraction of sp³-hybridized carbons (Fsp3) is 0.280. The molecule has 0 bridgehead atoms. The molecule has 10 heteroatoms. The van der Waals surface area contributed by atoms with Crippen LogP contribution in [0, 0.1) is 0 Å². The van der Waals surface area contributed by atoms with E-state index in [-0.39, 0.29) is 12.8 Å². The van der Waals surface area contributed by atoms with Gasteiger partial charge in [0.2, 0.25) is 17.7 Å². The summed E-state index contributed by atoms with van der Waals surface area (Å²) in [6, 6.07) is 13.9. The van der Waals surface area contributed by atoms with Gasteiger partial charge in [0.1, 0.15) is 18.6 Å². The molecule has 3 unspecified atom stereocenters. The summed E-state index contributed by atoms with van der Waals surface area (Å²) in [5, 5.41) is 17.1. The molecule has 1 aromatic heterocycles. The van der Waals surface area contributed by atoms with Crippen molar-refractivity contribution in [1.29, 1.82) is 0 Å². The molecule has 0 saturated carbocycles. The molecule has 7 N–H and O–H groups in total. The van der Waals surface area contributed by atoms with Crippen molar-refractivity contribution < 1.29 is 24.3 Å². The third-order valence-electron chi connectivity index (χ3n) is 5.53. The Balaban J connectivity index is 1.68. The average molecular weight is 480 g/mol. The van der Waals surface area contributed by atoms with Crippen LogP contribution in [0.4, 0.5) is 0 Å². The molecule has 10 nitrogen and oxygen atoms in total. The molecule has 0 saturated heterocycles. The number of carboxylic acids is 1. The number of hydrogen-bond donors (Lipinski definition) is 6. The fourth-order valence-corrected chi connectivity index (χ4v) is 3.66. The van der Waals surface area contributed by atoms with Crippen LogP contribution in [0.15, 0.2) is 60.8 Å². The molecule has 3 amide bonds. The predicted molar refractivity (Wildman–Crippen MR) is 130 cm³/mol. The number of aliphatic carboxylic acids is 1. The molecule has 184 valence electrons. The minimum absolute atomic E-state index is 0.182. The first-order chi connectivity index (χ1) is 16.7. The Hall–Kier alpha value is -4.18. The van der Waals surface area contributed by atoms with Crippen LogP contribution >= 0.6 is 0 Å². The van der Waals surface area contributed by atoms with Crippen molar-refractivity contribution in [3.8, 4) is 0 Å². The molecule has 1 heterocycles. The van der Waals surface area contributed by atoms with E-state index in [9.17, 15) is 19.2 Å². The lowest BCUT2D eigenvalue weighted by atomic mass is 10.0. The Kier molecular flexibility index (Phi) is 8.58. The number of nitrogens with one attached hydrogen (secondary N) is 4. The third kappa shape index (κ3) is 7.15. The highest BCUT2D eigenvalue weighted by atomic mass is 16.4. The molecule has 3 atom stereocenters. The van der Waals surface area contributed by atoms with Gasteiger partial charge >= 0.3 is 5.97 Å². The molecule has 0 aliphatic carbocycles. The lowest BCUT2D eigenvalue weighted by Gasteiger charge is -2.23. The van der Waals surface area contributed by atoms with Crippen molar-refractivity contribution in [1.82, 2.24) is 20.9 Å². The summed E-state index contributed by atoms with van der Waals surface area (Å²) >= 11 is 0. The molecule has 0 aliphatic rings. The van der Waals surface area contributed by atoms with E-state index >= 15 is 0 Å². The summed E-state index contributed by atoms with van der Waals surface area (Å²) < 4.78 is 0. The summed E-state index contributed by atoms with van der Waals surface area (Å²) in [5.74, 6) is -2.94. The van der Waals surface area contributed by atoms with Crippen LogP contribution in [0.2, 0.25) is 0 Å². The van der Waals surface area contributed by atoms with Gasteiger partial charge in [0.05, 0.1) is 6.04 Å². The van der Waals surface area contributed by atoms with Crippen molar-refractivity contribution in [2.45, 2.75) is 37.9 Å². The minimum atomic E-state index is -1.20. The quantitative estimate of drug-likeness (QED) is 0.234. The number of fused-ring (bicyclic) bond motifs is 1. The Morgan fingerprint density at radius 3 is 2.31 bits per heavy atom. The topological polar surface area (TPSA) is 166 Å². The van der Waals surface area contributed by atoms with E-state index in [0.717, 1.165) is 22.0 Å². The minimum Gasteiger partial charge on any atom is -0.480 e. The number of benzene rings is 2. The number of aromatic nitrogens is 1. The van der Waals surface area contributed by atoms with Crippen LogP contribution in [0.25, 0.3) is 10.9 Å². The van der Waals surface area contributed by atoms with Gasteiger partial charge in [0.15, 0.2) is 0 Å². The number of hydrogen-bond acceptors (Lipinski definition) is 5. The maximum absolute atomic E-state index is 13.0. The van der Waals surface area contributed by atoms with E-state index in [0.29, 0.717) is 0 Å². The number of rotatable bonds is 11. The zero-order valence-corrected chi connectivity index (χ0v) is 19.3. The second-order valence-corrected chi connectivity index (χ2v) is 8.26. The normalized spacial score (nSPS) is 13.4. The van der Waals surface area contributed by atoms with E-state index in [2.05, 4.69) is 20.9 Å². The number of amides is 3. The Labute approximate surface area is 202 Å². The van der Waals surface area contributed by atoms with Crippen LogP contribution in [0.3, 0.4) is 0 Å². The summed E-state index contributed by atoms with van der Waals surface area (Å²) in [6.07, 6.45) is 2.26. The van der Waals surface area contributed by atoms with Crippen LogP contribution in [-0.4, -0.2) is 58.5 Å². The second kappa shape index (κ2) is 11.8. The maximum Gasteiger partial charge on any atom is 0.322 e. The molecule has 3 aromatic rings. The van der Waals surface area contributed by atoms with Crippen LogP contribution in [0.1, 0.15) is 18.1 Å². The lowest BCUT2D eigenvalue weighted by molar-refractivity contribution is -0.138. The third-order valence-corrected chi connectivity index (χ3v) is 5.53. The number of carboxylic acid groups (broad SMARTS) is 1. The van der Waals surface area contributed by atoms with Gasteiger partial charge in [-0.3, -0.25) is 19.2 Å². The SMILES string of the molecule is CC(NC(=O)C(Cc1ccccc1)NC(=O)C(N)Cc1c[nH]c2ccccc12)C(=O)NCC(=O)O. The average Bonchev–Trinajstić information content (AvgIpc) is 3.25. The van der Waals surface area contributed by atoms with E-state index in [1.165, 1.54) is 6.92 Å². The van der Waals surface area contributed by atoms with Crippen molar-refractivity contribution in [3.05, 3.63) is 71.9 Å². The number of carbonyl (C=O) groups excluding carboxylic acids is 3. The summed E-state index contributed by atoms with van der Waals surface area (Å²) in [7, 11) is 0. The smallest absolute Gasteiger partial charge is 0.322 e. The Bertz CT molecular complexity index is 1190. The fourth-order valence-electron chi connectivity index (χ4n) is 3.66. The Morgan fingerprint density at radius 2 is 1.60 bits per heavy atom. The molecule has 2 aromatic carbocycles. The molecule has 0 radical (unpaired) electrons. The van der Waals surface area contributed by atoms with Gasteiger partial charge in [0.25, 0.3) is 0 Å². The van der Waals surface area contributed by atoms with Crippen LogP contribution in [-0.2, 0) is 32.0 Å². The van der Waals surface area contributed by atoms with Gasteiger partial charge in [-0.1, -0.05) is 48.5 Å². The maximum atomic E-state index is 13.0. The van der Waals surface area contributed by atoms with E-state index < -0.39 is 48.4 Å². The van der Waals surface area contributed by atoms with Crippen molar-refractivity contribution in [2.24, 2.45) is 5.73 Å². The number of H-pyrrole nitrogens is 1. The first kappa shape index (κ1) is 25.4. The van der Waals surface area contributed by atoms with E-state index in [1.54, 1.807) is 0 Å². The summed E-state index contributed by atoms with van der Waals surface area (Å²) in [4.78, 5) is 51.8. The monoisotopic (exact) mass is 479 g/mol. The molecule has 3 rings (SSSR count). The first-order valence-electron chi connectivity index (χ1n) is 11.2. The molecule has 35 heavy (non-hydrogen) atoms. The number of aromatic amines is 1. The predicted octanol–water partition coefficient (Wildman–Crippen LogP) is 0.471. The summed E-state index contributed by atoms with van der Waals surface area (Å²) in [6.45, 7) is 0.866. The second-order valence-electron chi connectivity index (χ2n) is 8.26. The number of carbonyl (C=O) groups is 4.